The topological polar surface area (TPSA) is 120 Å². The van der Waals surface area contributed by atoms with Gasteiger partial charge in [-0.25, -0.2) is 9.97 Å². The standard InChI is InChI=1S/C35H47N7O3/c1-21-13-16-41(20-25(21)36)33(43)24-17-27-30(29(19-24)45-6)40(5)32(39-27)28-18-23-11-12-26-22(2)37-34(44)35(3,4)14-9-7-8-10-15-42(28)31(23)38-26/h11-12,17-19,21-22,25H,7-10,13-16,20,36H2,1-6H3,(H,37,44)/t21-,22-,25+/m1/s1. The lowest BCUT2D eigenvalue weighted by Gasteiger charge is -2.35. The van der Waals surface area contributed by atoms with E-state index in [0.29, 0.717) is 35.8 Å². The molecule has 5 heterocycles. The minimum atomic E-state index is -0.416. The SMILES string of the molecule is COc1cc(C(=O)N2CC[C@@H](C)[C@@H](N)C2)cc2nc(-c3cc4ccc5nc4n3CCCCCCC(C)(C)C(=O)N[C@@H]5C)n(C)c12. The predicted molar refractivity (Wildman–Crippen MR) is 177 cm³/mol. The number of carbonyl (C=O) groups is 2. The molecule has 45 heavy (non-hydrogen) atoms. The van der Waals surface area contributed by atoms with Crippen molar-refractivity contribution in [2.24, 2.45) is 24.1 Å². The summed E-state index contributed by atoms with van der Waals surface area (Å²) in [6.45, 7) is 10.2. The van der Waals surface area contributed by atoms with E-state index in [4.69, 9.17) is 20.4 Å². The van der Waals surface area contributed by atoms with Gasteiger partial charge in [0.2, 0.25) is 5.91 Å². The zero-order chi connectivity index (χ0) is 32.0. The van der Waals surface area contributed by atoms with Crippen LogP contribution in [0.1, 0.15) is 88.3 Å². The first-order valence-corrected chi connectivity index (χ1v) is 16.4. The zero-order valence-corrected chi connectivity index (χ0v) is 27.5. The molecular formula is C35H47N7O3. The minimum Gasteiger partial charge on any atom is -0.494 e. The molecule has 10 nitrogen and oxygen atoms in total. The third-order valence-electron chi connectivity index (χ3n) is 10.0. The first-order chi connectivity index (χ1) is 21.5. The Bertz CT molecular complexity index is 1750. The van der Waals surface area contributed by atoms with E-state index in [9.17, 15) is 9.59 Å². The quantitative estimate of drug-likeness (QED) is 0.312. The molecule has 1 saturated heterocycles. The van der Waals surface area contributed by atoms with Crippen LogP contribution in [0.4, 0.5) is 0 Å². The maximum atomic E-state index is 13.6. The number of benzene rings is 1. The number of rotatable bonds is 3. The smallest absolute Gasteiger partial charge is 0.254 e. The molecule has 6 rings (SSSR count). The molecule has 4 aromatic rings. The molecule has 0 aliphatic carbocycles. The van der Waals surface area contributed by atoms with Crippen LogP contribution in [0.25, 0.3) is 33.6 Å². The number of nitrogens with two attached hydrogens (primary N) is 1. The van der Waals surface area contributed by atoms with E-state index < -0.39 is 5.41 Å². The highest BCUT2D eigenvalue weighted by Gasteiger charge is 2.30. The minimum absolute atomic E-state index is 0.0280. The number of nitrogens with zero attached hydrogens (tertiary/aromatic N) is 5. The fourth-order valence-corrected chi connectivity index (χ4v) is 6.85. The van der Waals surface area contributed by atoms with Gasteiger partial charge in [-0.3, -0.25) is 9.59 Å². The summed E-state index contributed by atoms with van der Waals surface area (Å²) in [5, 5.41) is 4.23. The summed E-state index contributed by atoms with van der Waals surface area (Å²) in [7, 11) is 3.62. The van der Waals surface area contributed by atoms with Gasteiger partial charge in [-0.1, -0.05) is 40.0 Å². The number of methoxy groups -OCH3 is 1. The van der Waals surface area contributed by atoms with Crippen molar-refractivity contribution in [3.63, 3.8) is 0 Å². The first kappa shape index (κ1) is 31.1. The Kier molecular flexibility index (Phi) is 8.37. The Balaban J connectivity index is 1.42. The molecule has 3 N–H and O–H groups in total. The van der Waals surface area contributed by atoms with Gasteiger partial charge in [0.15, 0.2) is 5.82 Å². The molecule has 0 spiro atoms. The van der Waals surface area contributed by atoms with Crippen molar-refractivity contribution in [3.8, 4) is 17.3 Å². The van der Waals surface area contributed by atoms with Crippen LogP contribution in [-0.2, 0) is 18.4 Å². The van der Waals surface area contributed by atoms with Crippen molar-refractivity contribution < 1.29 is 14.3 Å². The zero-order valence-electron chi connectivity index (χ0n) is 27.5. The summed E-state index contributed by atoms with van der Waals surface area (Å²) in [6, 6.07) is 9.69. The van der Waals surface area contributed by atoms with Crippen molar-refractivity contribution in [1.29, 1.82) is 0 Å². The average Bonchev–Trinajstić information content (AvgIpc) is 3.55. The number of aryl methyl sites for hydroxylation is 2. The van der Waals surface area contributed by atoms with Gasteiger partial charge in [0, 0.05) is 49.1 Å². The van der Waals surface area contributed by atoms with Crippen molar-refractivity contribution in [2.75, 3.05) is 20.2 Å². The number of amides is 2. The summed E-state index contributed by atoms with van der Waals surface area (Å²) in [4.78, 5) is 38.8. The lowest BCUT2D eigenvalue weighted by atomic mass is 9.85. The van der Waals surface area contributed by atoms with Crippen LogP contribution in [0, 0.1) is 11.3 Å². The van der Waals surface area contributed by atoms with E-state index in [1.807, 2.05) is 50.9 Å². The maximum Gasteiger partial charge on any atom is 0.254 e. The van der Waals surface area contributed by atoms with Crippen molar-refractivity contribution >= 4 is 33.9 Å². The van der Waals surface area contributed by atoms with Gasteiger partial charge in [-0.15, -0.1) is 0 Å². The van der Waals surface area contributed by atoms with Crippen molar-refractivity contribution in [3.05, 3.63) is 41.6 Å². The molecule has 1 fully saturated rings. The van der Waals surface area contributed by atoms with E-state index in [1.165, 1.54) is 0 Å². The summed E-state index contributed by atoms with van der Waals surface area (Å²) in [5.41, 5.74) is 10.7. The molecule has 1 aromatic carbocycles. The molecule has 3 aromatic heterocycles. The third kappa shape index (κ3) is 5.80. The lowest BCUT2D eigenvalue weighted by molar-refractivity contribution is -0.130. The van der Waals surface area contributed by atoms with Crippen LogP contribution in [0.3, 0.4) is 0 Å². The number of nitrogens with one attached hydrogen (secondary N) is 1. The van der Waals surface area contributed by atoms with Crippen LogP contribution in [0.5, 0.6) is 5.75 Å². The third-order valence-corrected chi connectivity index (χ3v) is 10.0. The monoisotopic (exact) mass is 613 g/mol. The van der Waals surface area contributed by atoms with Crippen LogP contribution in [0.15, 0.2) is 30.3 Å². The molecule has 0 unspecified atom stereocenters. The molecule has 240 valence electrons. The van der Waals surface area contributed by atoms with Gasteiger partial charge in [0.05, 0.1) is 30.1 Å². The average molecular weight is 614 g/mol. The molecule has 2 aliphatic heterocycles. The largest absolute Gasteiger partial charge is 0.494 e. The maximum absolute atomic E-state index is 13.6. The predicted octanol–water partition coefficient (Wildman–Crippen LogP) is 5.58. The molecule has 2 amide bonds. The van der Waals surface area contributed by atoms with Gasteiger partial charge < -0.3 is 29.8 Å². The number of carbonyl (C=O) groups excluding carboxylic acids is 2. The van der Waals surface area contributed by atoms with E-state index in [0.717, 1.165) is 78.8 Å². The Morgan fingerprint density at radius 1 is 1.07 bits per heavy atom. The normalized spacial score (nSPS) is 22.9. The van der Waals surface area contributed by atoms with Crippen LogP contribution in [-0.4, -0.2) is 62.1 Å². The van der Waals surface area contributed by atoms with E-state index in [-0.39, 0.29) is 23.9 Å². The van der Waals surface area contributed by atoms with Crippen molar-refractivity contribution in [2.45, 2.75) is 84.8 Å². The van der Waals surface area contributed by atoms with Crippen LogP contribution in [0.2, 0.25) is 0 Å². The second kappa shape index (κ2) is 12.1. The highest BCUT2D eigenvalue weighted by atomic mass is 16.5. The highest BCUT2D eigenvalue weighted by Crippen LogP contribution is 2.35. The highest BCUT2D eigenvalue weighted by molar-refractivity contribution is 6.00. The van der Waals surface area contributed by atoms with E-state index >= 15 is 0 Å². The number of piperidine rings is 1. The summed E-state index contributed by atoms with van der Waals surface area (Å²) in [5.74, 6) is 1.80. The first-order valence-electron chi connectivity index (χ1n) is 16.4. The van der Waals surface area contributed by atoms with Gasteiger partial charge in [0.1, 0.15) is 16.9 Å². The van der Waals surface area contributed by atoms with Gasteiger partial charge in [-0.05, 0) is 62.4 Å². The molecule has 0 saturated carbocycles. The van der Waals surface area contributed by atoms with Crippen LogP contribution < -0.4 is 15.8 Å². The number of likely N-dealkylation sites (tertiary alicyclic amines) is 1. The Morgan fingerprint density at radius 2 is 1.84 bits per heavy atom. The summed E-state index contributed by atoms with van der Waals surface area (Å²) < 4.78 is 10.2. The molecule has 10 heteroatoms. The molecule has 0 radical (unpaired) electrons. The van der Waals surface area contributed by atoms with Gasteiger partial charge >= 0.3 is 0 Å². The Labute approximate surface area is 265 Å². The van der Waals surface area contributed by atoms with Crippen molar-refractivity contribution in [1.82, 2.24) is 29.3 Å². The Hall–Kier alpha value is -3.92. The molecule has 2 bridgehead atoms. The number of imidazole rings is 1. The summed E-state index contributed by atoms with van der Waals surface area (Å²) >= 11 is 0. The van der Waals surface area contributed by atoms with E-state index in [1.54, 1.807) is 7.11 Å². The fraction of sp³-hybridized carbons (Fsp3) is 0.543. The fourth-order valence-electron chi connectivity index (χ4n) is 6.85. The number of ether oxygens (including phenoxy) is 1. The number of hydrogen-bond acceptors (Lipinski definition) is 6. The second-order valence-electron chi connectivity index (χ2n) is 13.8. The van der Waals surface area contributed by atoms with Gasteiger partial charge in [-0.2, -0.15) is 0 Å². The van der Waals surface area contributed by atoms with Gasteiger partial charge in [0.25, 0.3) is 5.91 Å². The second-order valence-corrected chi connectivity index (χ2v) is 13.8. The number of fused-ring (bicyclic) bond motifs is 2. The van der Waals surface area contributed by atoms with E-state index in [2.05, 4.69) is 33.5 Å². The Morgan fingerprint density at radius 3 is 2.60 bits per heavy atom. The number of aromatic nitrogens is 4. The summed E-state index contributed by atoms with van der Waals surface area (Å²) in [6.07, 6.45) is 5.89. The molecule has 2 aliphatic rings. The number of hydrogen-bond donors (Lipinski definition) is 2. The van der Waals surface area contributed by atoms with Crippen LogP contribution >= 0.6 is 0 Å². The molecule has 3 atom stereocenters. The number of pyridine rings is 1. The lowest BCUT2D eigenvalue weighted by Crippen LogP contribution is -2.49. The molecular weight excluding hydrogens is 566 g/mol.